The Bertz CT molecular complexity index is 1310. The molecule has 0 saturated carbocycles. The van der Waals surface area contributed by atoms with E-state index in [4.69, 9.17) is 39.5 Å². The molecule has 0 aliphatic carbocycles. The Morgan fingerprint density at radius 3 is 2.58 bits per heavy atom. The van der Waals surface area contributed by atoms with Gasteiger partial charge in [-0.2, -0.15) is 5.10 Å². The van der Waals surface area contributed by atoms with E-state index >= 15 is 0 Å². The maximum absolute atomic E-state index is 12.8. The van der Waals surface area contributed by atoms with Crippen LogP contribution >= 0.6 is 50.7 Å². The topological polar surface area (TPSA) is 56.2 Å². The van der Waals surface area contributed by atoms with Crippen LogP contribution in [0.1, 0.15) is 21.5 Å². The van der Waals surface area contributed by atoms with Gasteiger partial charge in [-0.05, 0) is 69.5 Å². The van der Waals surface area contributed by atoms with Crippen LogP contribution in [0.15, 0.2) is 77.4 Å². The quantitative estimate of drug-likeness (QED) is 0.253. The fourth-order valence-electron chi connectivity index (χ4n) is 3.09. The smallest absolute Gasteiger partial charge is 0.256 e. The standard InChI is InChI=1S/C24H17BrCl3N3O2/c25-20-13-31(12-15-7-8-21(27)22(28)10-15)30-23(20)29-24(32)17-4-1-3-16(9-17)14-33-19-6-2-5-18(26)11-19/h1-11,13H,12,14H2,(H,29,30,32). The predicted molar refractivity (Wildman–Crippen MR) is 136 cm³/mol. The summed E-state index contributed by atoms with van der Waals surface area (Å²) in [7, 11) is 0. The van der Waals surface area contributed by atoms with Crippen molar-refractivity contribution in [2.45, 2.75) is 13.2 Å². The molecule has 5 nitrogen and oxygen atoms in total. The Kier molecular flexibility index (Phi) is 7.60. The highest BCUT2D eigenvalue weighted by Crippen LogP contribution is 2.25. The highest BCUT2D eigenvalue weighted by Gasteiger charge is 2.13. The molecule has 0 aliphatic heterocycles. The van der Waals surface area contributed by atoms with Gasteiger partial charge in [0.1, 0.15) is 12.4 Å². The number of ether oxygens (including phenoxy) is 1. The van der Waals surface area contributed by atoms with E-state index in [1.54, 1.807) is 47.3 Å². The zero-order valence-electron chi connectivity index (χ0n) is 17.1. The molecule has 0 fully saturated rings. The first kappa shape index (κ1) is 23.6. The summed E-state index contributed by atoms with van der Waals surface area (Å²) in [6.45, 7) is 0.783. The van der Waals surface area contributed by atoms with Crippen LogP contribution in [0.3, 0.4) is 0 Å². The second kappa shape index (κ2) is 10.6. The molecule has 4 rings (SSSR count). The molecule has 1 heterocycles. The summed E-state index contributed by atoms with van der Waals surface area (Å²) in [5.41, 5.74) is 2.28. The number of halogens is 4. The molecule has 3 aromatic carbocycles. The summed E-state index contributed by atoms with van der Waals surface area (Å²) in [5, 5.41) is 8.87. The van der Waals surface area contributed by atoms with Gasteiger partial charge >= 0.3 is 0 Å². The van der Waals surface area contributed by atoms with Gasteiger partial charge in [0.15, 0.2) is 5.82 Å². The van der Waals surface area contributed by atoms with Crippen LogP contribution < -0.4 is 10.1 Å². The number of carbonyl (C=O) groups excluding carboxylic acids is 1. The molecule has 0 bridgehead atoms. The number of anilines is 1. The van der Waals surface area contributed by atoms with Crippen LogP contribution in [0.4, 0.5) is 5.82 Å². The lowest BCUT2D eigenvalue weighted by Gasteiger charge is -2.08. The second-order valence-corrected chi connectivity index (χ2v) is 9.28. The number of benzene rings is 3. The van der Waals surface area contributed by atoms with Crippen LogP contribution in [0.25, 0.3) is 0 Å². The van der Waals surface area contributed by atoms with E-state index in [0.717, 1.165) is 11.1 Å². The molecule has 0 unspecified atom stereocenters. The lowest BCUT2D eigenvalue weighted by atomic mass is 10.1. The van der Waals surface area contributed by atoms with E-state index in [1.165, 1.54) is 0 Å². The van der Waals surface area contributed by atoms with Gasteiger partial charge in [0, 0.05) is 16.8 Å². The van der Waals surface area contributed by atoms with Crippen LogP contribution in [0.5, 0.6) is 5.75 Å². The van der Waals surface area contributed by atoms with Gasteiger partial charge in [0.05, 0.1) is 21.1 Å². The average molecular weight is 566 g/mol. The maximum Gasteiger partial charge on any atom is 0.256 e. The first-order valence-corrected chi connectivity index (χ1v) is 11.8. The van der Waals surface area contributed by atoms with Crippen molar-refractivity contribution in [3.05, 3.63) is 109 Å². The van der Waals surface area contributed by atoms with Crippen molar-refractivity contribution in [1.29, 1.82) is 0 Å². The van der Waals surface area contributed by atoms with Crippen LogP contribution in [0.2, 0.25) is 15.1 Å². The minimum atomic E-state index is -0.278. The van der Waals surface area contributed by atoms with Gasteiger partial charge in [-0.25, -0.2) is 0 Å². The van der Waals surface area contributed by atoms with E-state index < -0.39 is 0 Å². The Hall–Kier alpha value is -2.51. The summed E-state index contributed by atoms with van der Waals surface area (Å²) in [5.74, 6) is 0.800. The molecule has 9 heteroatoms. The molecule has 1 aromatic heterocycles. The van der Waals surface area contributed by atoms with Gasteiger partial charge in [0.2, 0.25) is 0 Å². The molecular weight excluding hydrogens is 549 g/mol. The highest BCUT2D eigenvalue weighted by molar-refractivity contribution is 9.10. The zero-order valence-corrected chi connectivity index (χ0v) is 20.9. The van der Waals surface area contributed by atoms with E-state index in [2.05, 4.69) is 26.3 Å². The Morgan fingerprint density at radius 2 is 1.79 bits per heavy atom. The summed E-state index contributed by atoms with van der Waals surface area (Å²) in [6, 6.07) is 19.8. The average Bonchev–Trinajstić information content (AvgIpc) is 3.13. The van der Waals surface area contributed by atoms with Crippen molar-refractivity contribution in [3.63, 3.8) is 0 Å². The number of carbonyl (C=O) groups is 1. The minimum Gasteiger partial charge on any atom is -0.489 e. The molecule has 0 atom stereocenters. The van der Waals surface area contributed by atoms with E-state index in [-0.39, 0.29) is 5.91 Å². The highest BCUT2D eigenvalue weighted by atomic mass is 79.9. The van der Waals surface area contributed by atoms with E-state index in [0.29, 0.717) is 49.8 Å². The van der Waals surface area contributed by atoms with Gasteiger partial charge in [-0.1, -0.05) is 59.1 Å². The van der Waals surface area contributed by atoms with Crippen LogP contribution in [-0.2, 0) is 13.2 Å². The number of nitrogens with one attached hydrogen (secondary N) is 1. The first-order valence-electron chi connectivity index (χ1n) is 9.83. The SMILES string of the molecule is O=C(Nc1nn(Cc2ccc(Cl)c(Cl)c2)cc1Br)c1cccc(COc2cccc(Cl)c2)c1. The number of rotatable bonds is 7. The Labute approximate surface area is 214 Å². The molecule has 168 valence electrons. The predicted octanol–water partition coefficient (Wildman–Crippen LogP) is 7.49. The maximum atomic E-state index is 12.8. The van der Waals surface area contributed by atoms with Crippen LogP contribution in [-0.4, -0.2) is 15.7 Å². The fourth-order valence-corrected chi connectivity index (χ4v) is 4.01. The number of hydrogen-bond donors (Lipinski definition) is 1. The third-order valence-electron chi connectivity index (χ3n) is 4.67. The van der Waals surface area contributed by atoms with Crippen molar-refractivity contribution in [3.8, 4) is 5.75 Å². The number of amides is 1. The van der Waals surface area contributed by atoms with Gasteiger partial charge < -0.3 is 10.1 Å². The molecule has 1 N–H and O–H groups in total. The molecule has 4 aromatic rings. The molecular formula is C24H17BrCl3N3O2. The molecule has 33 heavy (non-hydrogen) atoms. The number of aromatic nitrogens is 2. The largest absolute Gasteiger partial charge is 0.489 e. The van der Waals surface area contributed by atoms with E-state index in [9.17, 15) is 4.79 Å². The van der Waals surface area contributed by atoms with Gasteiger partial charge in [-0.3, -0.25) is 9.48 Å². The number of hydrogen-bond acceptors (Lipinski definition) is 3. The normalized spacial score (nSPS) is 10.8. The van der Waals surface area contributed by atoms with Gasteiger partial charge in [0.25, 0.3) is 5.91 Å². The molecule has 1 amide bonds. The second-order valence-electron chi connectivity index (χ2n) is 7.17. The Morgan fingerprint density at radius 1 is 0.970 bits per heavy atom. The lowest BCUT2D eigenvalue weighted by Crippen LogP contribution is -2.13. The molecule has 0 radical (unpaired) electrons. The van der Waals surface area contributed by atoms with Crippen LogP contribution in [0, 0.1) is 0 Å². The zero-order chi connectivity index (χ0) is 23.4. The summed E-state index contributed by atoms with van der Waals surface area (Å²) in [4.78, 5) is 12.8. The van der Waals surface area contributed by atoms with Crippen molar-refractivity contribution >= 4 is 62.5 Å². The fraction of sp³-hybridized carbons (Fsp3) is 0.0833. The minimum absolute atomic E-state index is 0.278. The molecule has 0 saturated heterocycles. The number of nitrogens with zero attached hydrogens (tertiary/aromatic N) is 2. The summed E-state index contributed by atoms with van der Waals surface area (Å²) in [6.07, 6.45) is 1.79. The van der Waals surface area contributed by atoms with Gasteiger partial charge in [-0.15, -0.1) is 0 Å². The Balaban J connectivity index is 1.41. The van der Waals surface area contributed by atoms with Crippen molar-refractivity contribution in [2.24, 2.45) is 0 Å². The third-order valence-corrected chi connectivity index (χ3v) is 6.22. The lowest BCUT2D eigenvalue weighted by molar-refractivity contribution is 0.102. The molecule has 0 spiro atoms. The first-order chi connectivity index (χ1) is 15.9. The van der Waals surface area contributed by atoms with Crippen molar-refractivity contribution < 1.29 is 9.53 Å². The van der Waals surface area contributed by atoms with E-state index in [1.807, 2.05) is 30.3 Å². The summed E-state index contributed by atoms with van der Waals surface area (Å²) >= 11 is 21.5. The monoisotopic (exact) mass is 563 g/mol. The summed E-state index contributed by atoms with van der Waals surface area (Å²) < 4.78 is 8.13. The molecule has 0 aliphatic rings. The third kappa shape index (κ3) is 6.30. The van der Waals surface area contributed by atoms with Crippen molar-refractivity contribution in [2.75, 3.05) is 5.32 Å². The van der Waals surface area contributed by atoms with Crippen molar-refractivity contribution in [1.82, 2.24) is 9.78 Å².